The number of aromatic nitrogens is 3. The first-order valence-corrected chi connectivity index (χ1v) is 9.97. The van der Waals surface area contributed by atoms with Crippen LogP contribution in [-0.2, 0) is 4.74 Å². The minimum absolute atomic E-state index is 0.273. The van der Waals surface area contributed by atoms with Gasteiger partial charge in [-0.3, -0.25) is 9.88 Å². The Morgan fingerprint density at radius 1 is 1.03 bits per heavy atom. The molecule has 1 fully saturated rings. The van der Waals surface area contributed by atoms with Gasteiger partial charge in [0.2, 0.25) is 5.95 Å². The molecule has 7 nitrogen and oxygen atoms in total. The van der Waals surface area contributed by atoms with E-state index >= 15 is 0 Å². The zero-order valence-electron chi connectivity index (χ0n) is 16.4. The molecule has 7 heteroatoms. The minimum atomic E-state index is 0.273. The summed E-state index contributed by atoms with van der Waals surface area (Å²) in [6.45, 7) is 5.54. The largest absolute Gasteiger partial charge is 0.379 e. The summed E-state index contributed by atoms with van der Waals surface area (Å²) in [5.41, 5.74) is 10.1. The predicted molar refractivity (Wildman–Crippen MR) is 115 cm³/mol. The number of morpholine rings is 1. The highest BCUT2D eigenvalue weighted by atomic mass is 16.5. The van der Waals surface area contributed by atoms with E-state index < -0.39 is 0 Å². The fourth-order valence-corrected chi connectivity index (χ4v) is 3.49. The molecule has 3 heterocycles. The van der Waals surface area contributed by atoms with Crippen molar-refractivity contribution in [2.75, 3.05) is 50.4 Å². The van der Waals surface area contributed by atoms with Crippen LogP contribution in [0.15, 0.2) is 55.0 Å². The minimum Gasteiger partial charge on any atom is -0.379 e. The number of ether oxygens (including phenoxy) is 1. The van der Waals surface area contributed by atoms with E-state index in [1.54, 1.807) is 18.6 Å². The molecule has 1 saturated heterocycles. The summed E-state index contributed by atoms with van der Waals surface area (Å²) < 4.78 is 5.40. The molecule has 29 heavy (non-hydrogen) atoms. The molecule has 0 spiro atoms. The van der Waals surface area contributed by atoms with Crippen LogP contribution in [0.4, 0.5) is 11.8 Å². The Kier molecular flexibility index (Phi) is 6.29. The number of hydrogen-bond donors (Lipinski definition) is 2. The zero-order valence-corrected chi connectivity index (χ0v) is 16.4. The van der Waals surface area contributed by atoms with E-state index in [2.05, 4.69) is 43.4 Å². The first-order valence-electron chi connectivity index (χ1n) is 9.97. The van der Waals surface area contributed by atoms with Gasteiger partial charge in [-0.15, -0.1) is 0 Å². The van der Waals surface area contributed by atoms with Crippen LogP contribution in [0.5, 0.6) is 0 Å². The standard InChI is InChI=1S/C22H26N6O/c23-22-26-16-20(19-4-1-3-18(15-19)17-5-8-24-9-6-17)21(27-22)25-7-2-10-28-11-13-29-14-12-28/h1,3-6,8-9,15-16H,2,7,10-14H2,(H3,23,25,26,27). The Hall–Kier alpha value is -3.03. The summed E-state index contributed by atoms with van der Waals surface area (Å²) >= 11 is 0. The van der Waals surface area contributed by atoms with Gasteiger partial charge in [-0.25, -0.2) is 4.98 Å². The van der Waals surface area contributed by atoms with Gasteiger partial charge >= 0.3 is 0 Å². The second-order valence-corrected chi connectivity index (χ2v) is 7.04. The van der Waals surface area contributed by atoms with Crippen molar-refractivity contribution in [3.8, 4) is 22.3 Å². The molecule has 0 atom stereocenters. The van der Waals surface area contributed by atoms with Gasteiger partial charge in [0.1, 0.15) is 5.82 Å². The Morgan fingerprint density at radius 2 is 1.83 bits per heavy atom. The number of nitrogens with two attached hydrogens (primary N) is 1. The number of rotatable bonds is 7. The molecule has 1 aliphatic heterocycles. The highest BCUT2D eigenvalue weighted by Gasteiger charge is 2.12. The van der Waals surface area contributed by atoms with E-state index in [1.807, 2.05) is 18.2 Å². The van der Waals surface area contributed by atoms with E-state index in [9.17, 15) is 0 Å². The molecule has 4 rings (SSSR count). The van der Waals surface area contributed by atoms with Gasteiger partial charge in [0.05, 0.1) is 13.2 Å². The molecule has 0 saturated carbocycles. The summed E-state index contributed by atoms with van der Waals surface area (Å²) in [6.07, 6.45) is 6.42. The number of nitrogens with one attached hydrogen (secondary N) is 1. The van der Waals surface area contributed by atoms with E-state index in [1.165, 1.54) is 0 Å². The highest BCUT2D eigenvalue weighted by molar-refractivity contribution is 5.79. The van der Waals surface area contributed by atoms with Gasteiger partial charge in [-0.1, -0.05) is 18.2 Å². The first-order chi connectivity index (χ1) is 14.3. The lowest BCUT2D eigenvalue weighted by atomic mass is 10.0. The third kappa shape index (κ3) is 5.07. The fraction of sp³-hybridized carbons (Fsp3) is 0.318. The molecule has 0 unspecified atom stereocenters. The average Bonchev–Trinajstić information content (AvgIpc) is 2.78. The predicted octanol–water partition coefficient (Wildman–Crippen LogP) is 2.92. The summed E-state index contributed by atoms with van der Waals surface area (Å²) in [6, 6.07) is 12.4. The molecule has 150 valence electrons. The van der Waals surface area contributed by atoms with Crippen molar-refractivity contribution >= 4 is 11.8 Å². The van der Waals surface area contributed by atoms with E-state index in [4.69, 9.17) is 10.5 Å². The molecule has 0 bridgehead atoms. The number of pyridine rings is 1. The number of hydrogen-bond acceptors (Lipinski definition) is 7. The van der Waals surface area contributed by atoms with E-state index in [0.717, 1.165) is 73.9 Å². The molecule has 0 aliphatic carbocycles. The topological polar surface area (TPSA) is 89.2 Å². The van der Waals surface area contributed by atoms with Crippen LogP contribution in [0.1, 0.15) is 6.42 Å². The molecule has 1 aromatic carbocycles. The molecule has 3 aromatic rings. The molecular weight excluding hydrogens is 364 g/mol. The van der Waals surface area contributed by atoms with Crippen molar-refractivity contribution < 1.29 is 4.74 Å². The Balaban J connectivity index is 1.48. The van der Waals surface area contributed by atoms with Crippen molar-refractivity contribution in [1.82, 2.24) is 19.9 Å². The molecule has 0 radical (unpaired) electrons. The molecule has 2 aromatic heterocycles. The normalized spacial score (nSPS) is 14.6. The highest BCUT2D eigenvalue weighted by Crippen LogP contribution is 2.30. The summed E-state index contributed by atoms with van der Waals surface area (Å²) in [5, 5.41) is 3.45. The lowest BCUT2D eigenvalue weighted by Crippen LogP contribution is -2.37. The maximum Gasteiger partial charge on any atom is 0.221 e. The molecule has 0 amide bonds. The van der Waals surface area contributed by atoms with Crippen LogP contribution in [0.2, 0.25) is 0 Å². The van der Waals surface area contributed by atoms with Crippen LogP contribution in [-0.4, -0.2) is 59.2 Å². The van der Waals surface area contributed by atoms with E-state index in [-0.39, 0.29) is 5.95 Å². The summed E-state index contributed by atoms with van der Waals surface area (Å²) in [7, 11) is 0. The van der Waals surface area contributed by atoms with Gasteiger partial charge in [0.25, 0.3) is 0 Å². The van der Waals surface area contributed by atoms with Gasteiger partial charge in [0.15, 0.2) is 0 Å². The van der Waals surface area contributed by atoms with Crippen molar-refractivity contribution in [2.24, 2.45) is 0 Å². The Morgan fingerprint density at radius 3 is 2.66 bits per heavy atom. The van der Waals surface area contributed by atoms with Gasteiger partial charge < -0.3 is 15.8 Å². The number of nitrogen functional groups attached to an aromatic ring is 1. The lowest BCUT2D eigenvalue weighted by Gasteiger charge is -2.26. The Labute approximate surface area is 171 Å². The third-order valence-electron chi connectivity index (χ3n) is 5.04. The number of anilines is 2. The number of nitrogens with zero attached hydrogens (tertiary/aromatic N) is 4. The molecular formula is C22H26N6O. The maximum absolute atomic E-state index is 5.86. The summed E-state index contributed by atoms with van der Waals surface area (Å²) in [4.78, 5) is 15.2. The molecule has 3 N–H and O–H groups in total. The third-order valence-corrected chi connectivity index (χ3v) is 5.04. The lowest BCUT2D eigenvalue weighted by molar-refractivity contribution is 0.0378. The fourth-order valence-electron chi connectivity index (χ4n) is 3.49. The van der Waals surface area contributed by atoms with Gasteiger partial charge in [-0.2, -0.15) is 4.98 Å². The average molecular weight is 390 g/mol. The van der Waals surface area contributed by atoms with Crippen LogP contribution < -0.4 is 11.1 Å². The second-order valence-electron chi connectivity index (χ2n) is 7.04. The molecule has 1 aliphatic rings. The SMILES string of the molecule is Nc1ncc(-c2cccc(-c3ccncc3)c2)c(NCCCN2CCOCC2)n1. The van der Waals surface area contributed by atoms with Crippen LogP contribution in [0.25, 0.3) is 22.3 Å². The van der Waals surface area contributed by atoms with Crippen molar-refractivity contribution in [3.05, 3.63) is 55.0 Å². The quantitative estimate of drug-likeness (QED) is 0.600. The van der Waals surface area contributed by atoms with Crippen LogP contribution >= 0.6 is 0 Å². The van der Waals surface area contributed by atoms with Crippen LogP contribution in [0, 0.1) is 0 Å². The van der Waals surface area contributed by atoms with E-state index in [0.29, 0.717) is 0 Å². The van der Waals surface area contributed by atoms with Crippen molar-refractivity contribution in [2.45, 2.75) is 6.42 Å². The van der Waals surface area contributed by atoms with Gasteiger partial charge in [-0.05, 0) is 47.9 Å². The Bertz CT molecular complexity index is 928. The monoisotopic (exact) mass is 390 g/mol. The van der Waals surface area contributed by atoms with Crippen molar-refractivity contribution in [3.63, 3.8) is 0 Å². The zero-order chi connectivity index (χ0) is 19.9. The second kappa shape index (κ2) is 9.45. The van der Waals surface area contributed by atoms with Crippen molar-refractivity contribution in [1.29, 1.82) is 0 Å². The smallest absolute Gasteiger partial charge is 0.221 e. The van der Waals surface area contributed by atoms with Crippen LogP contribution in [0.3, 0.4) is 0 Å². The first kappa shape index (κ1) is 19.3. The number of benzene rings is 1. The van der Waals surface area contributed by atoms with Gasteiger partial charge in [0, 0.05) is 43.8 Å². The summed E-state index contributed by atoms with van der Waals surface area (Å²) in [5.74, 6) is 1.04. The maximum atomic E-state index is 5.86.